The van der Waals surface area contributed by atoms with E-state index in [1.54, 1.807) is 6.07 Å². The molecule has 1 heterocycles. The van der Waals surface area contributed by atoms with Crippen LogP contribution in [-0.2, 0) is 7.05 Å². The number of nitro benzene ring substituents is 1. The van der Waals surface area contributed by atoms with Gasteiger partial charge in [-0.25, -0.2) is 4.68 Å². The molecule has 0 saturated carbocycles. The Bertz CT molecular complexity index is 865. The summed E-state index contributed by atoms with van der Waals surface area (Å²) in [5.41, 5.74) is 2.69. The average molecular weight is 366 g/mol. The topological polar surface area (TPSA) is 112 Å². The van der Waals surface area contributed by atoms with Crippen molar-refractivity contribution in [2.24, 2.45) is 12.1 Å². The molecule has 0 spiro atoms. The second-order valence-corrected chi connectivity index (χ2v) is 5.38. The Kier molecular flexibility index (Phi) is 6.07. The Morgan fingerprint density at radius 3 is 2.96 bits per heavy atom. The fraction of sp³-hybridized carbons (Fsp3) is 0.267. The predicted molar refractivity (Wildman–Crippen MR) is 94.6 cm³/mol. The molecule has 0 saturated heterocycles. The molecule has 2 rings (SSSR count). The summed E-state index contributed by atoms with van der Waals surface area (Å²) in [5.74, 6) is 0.204. The van der Waals surface area contributed by atoms with Crippen molar-refractivity contribution in [3.8, 4) is 5.75 Å². The maximum absolute atomic E-state index is 11.7. The molecule has 0 aliphatic heterocycles. The number of halogens is 1. The van der Waals surface area contributed by atoms with Crippen LogP contribution in [0.4, 0.5) is 11.4 Å². The molecule has 1 aromatic carbocycles. The van der Waals surface area contributed by atoms with E-state index >= 15 is 0 Å². The second-order valence-electron chi connectivity index (χ2n) is 5.00. The number of rotatable bonds is 7. The van der Waals surface area contributed by atoms with Gasteiger partial charge in [0, 0.05) is 18.7 Å². The molecule has 132 valence electrons. The van der Waals surface area contributed by atoms with Crippen LogP contribution < -0.4 is 15.7 Å². The van der Waals surface area contributed by atoms with Crippen LogP contribution in [0.1, 0.15) is 18.9 Å². The number of ether oxygens (including phenoxy) is 1. The van der Waals surface area contributed by atoms with Gasteiger partial charge in [0.25, 0.3) is 5.56 Å². The third-order valence-corrected chi connectivity index (χ3v) is 3.48. The standard InChI is InChI=1S/C15H16ClN5O4/c1-3-6-25-13-5-4-10(7-12(13)21(23)24)8-17-19-11-9-18-20(2)15(22)14(11)16/h4-5,7-9,19H,3,6H2,1-2H3/b17-8-. The van der Waals surface area contributed by atoms with Crippen molar-refractivity contribution < 1.29 is 9.66 Å². The first kappa shape index (κ1) is 18.4. The fourth-order valence-electron chi connectivity index (χ4n) is 1.86. The number of benzene rings is 1. The van der Waals surface area contributed by atoms with Gasteiger partial charge in [-0.3, -0.25) is 20.3 Å². The Morgan fingerprint density at radius 2 is 2.28 bits per heavy atom. The van der Waals surface area contributed by atoms with Gasteiger partial charge >= 0.3 is 5.69 Å². The van der Waals surface area contributed by atoms with E-state index in [1.165, 1.54) is 31.6 Å². The molecule has 0 atom stereocenters. The monoisotopic (exact) mass is 365 g/mol. The maximum Gasteiger partial charge on any atom is 0.311 e. The highest BCUT2D eigenvalue weighted by molar-refractivity contribution is 6.32. The molecule has 1 aromatic heterocycles. The highest BCUT2D eigenvalue weighted by atomic mass is 35.5. The summed E-state index contributed by atoms with van der Waals surface area (Å²) in [6.07, 6.45) is 3.46. The SMILES string of the molecule is CCCOc1ccc(/C=N\Nc2cnn(C)c(=O)c2Cl)cc1[N+](=O)[O-]. The van der Waals surface area contributed by atoms with Crippen LogP contribution in [0.15, 0.2) is 34.3 Å². The first-order chi connectivity index (χ1) is 11.9. The predicted octanol–water partition coefficient (Wildman–Crippen LogP) is 2.58. The van der Waals surface area contributed by atoms with Crippen LogP contribution in [0.2, 0.25) is 5.02 Å². The highest BCUT2D eigenvalue weighted by Gasteiger charge is 2.15. The van der Waals surface area contributed by atoms with Crippen LogP contribution in [-0.4, -0.2) is 27.5 Å². The van der Waals surface area contributed by atoms with Gasteiger partial charge in [-0.1, -0.05) is 18.5 Å². The largest absolute Gasteiger partial charge is 0.487 e. The number of nitrogens with one attached hydrogen (secondary N) is 1. The minimum atomic E-state index is -0.516. The first-order valence-corrected chi connectivity index (χ1v) is 7.74. The Balaban J connectivity index is 2.18. The zero-order valence-electron chi connectivity index (χ0n) is 13.6. The van der Waals surface area contributed by atoms with Gasteiger partial charge in [0.15, 0.2) is 5.75 Å². The fourth-order valence-corrected chi connectivity index (χ4v) is 2.07. The van der Waals surface area contributed by atoms with E-state index in [0.717, 1.165) is 11.1 Å². The molecule has 10 heteroatoms. The number of nitro groups is 1. The van der Waals surface area contributed by atoms with E-state index < -0.39 is 10.5 Å². The molecule has 0 unspecified atom stereocenters. The van der Waals surface area contributed by atoms with E-state index in [-0.39, 0.29) is 22.1 Å². The maximum atomic E-state index is 11.7. The lowest BCUT2D eigenvalue weighted by molar-refractivity contribution is -0.385. The molecule has 0 radical (unpaired) electrons. The molecule has 0 aliphatic carbocycles. The highest BCUT2D eigenvalue weighted by Crippen LogP contribution is 2.27. The first-order valence-electron chi connectivity index (χ1n) is 7.36. The van der Waals surface area contributed by atoms with E-state index in [4.69, 9.17) is 16.3 Å². The number of nitrogens with zero attached hydrogens (tertiary/aromatic N) is 4. The van der Waals surface area contributed by atoms with Crippen LogP contribution in [0.25, 0.3) is 0 Å². The number of hydrogen-bond donors (Lipinski definition) is 1. The molecule has 2 aromatic rings. The van der Waals surface area contributed by atoms with Crippen molar-refractivity contribution in [3.63, 3.8) is 0 Å². The second kappa shape index (κ2) is 8.25. The lowest BCUT2D eigenvalue weighted by Crippen LogP contribution is -2.20. The van der Waals surface area contributed by atoms with E-state index in [9.17, 15) is 14.9 Å². The molecule has 1 N–H and O–H groups in total. The molecule has 0 fully saturated rings. The van der Waals surface area contributed by atoms with Crippen molar-refractivity contribution in [1.82, 2.24) is 9.78 Å². The molecule has 0 amide bonds. The van der Waals surface area contributed by atoms with Gasteiger partial charge in [0.2, 0.25) is 0 Å². The van der Waals surface area contributed by atoms with Crippen molar-refractivity contribution in [1.29, 1.82) is 0 Å². The summed E-state index contributed by atoms with van der Waals surface area (Å²) in [6, 6.07) is 4.50. The number of hydrazone groups is 1. The minimum absolute atomic E-state index is 0.0519. The van der Waals surface area contributed by atoms with Gasteiger partial charge < -0.3 is 4.74 Å². The third-order valence-electron chi connectivity index (χ3n) is 3.12. The average Bonchev–Trinajstić information content (AvgIpc) is 2.60. The number of aryl methyl sites for hydroxylation is 1. The Hall–Kier alpha value is -2.94. The Morgan fingerprint density at radius 1 is 1.52 bits per heavy atom. The molecular weight excluding hydrogens is 350 g/mol. The van der Waals surface area contributed by atoms with E-state index in [2.05, 4.69) is 15.6 Å². The number of hydrogen-bond acceptors (Lipinski definition) is 7. The van der Waals surface area contributed by atoms with Crippen molar-refractivity contribution in [3.05, 3.63) is 55.5 Å². The molecule has 25 heavy (non-hydrogen) atoms. The molecule has 0 bridgehead atoms. The zero-order valence-corrected chi connectivity index (χ0v) is 14.4. The van der Waals surface area contributed by atoms with Crippen molar-refractivity contribution >= 4 is 29.2 Å². The van der Waals surface area contributed by atoms with Gasteiger partial charge in [-0.05, 0) is 18.6 Å². The zero-order chi connectivity index (χ0) is 18.4. The van der Waals surface area contributed by atoms with Crippen molar-refractivity contribution in [2.45, 2.75) is 13.3 Å². The quantitative estimate of drug-likeness (QED) is 0.458. The summed E-state index contributed by atoms with van der Waals surface area (Å²) in [7, 11) is 1.47. The van der Waals surface area contributed by atoms with Crippen molar-refractivity contribution in [2.75, 3.05) is 12.0 Å². The normalized spacial score (nSPS) is 10.8. The summed E-state index contributed by atoms with van der Waals surface area (Å²) < 4.78 is 6.44. The van der Waals surface area contributed by atoms with Gasteiger partial charge in [-0.15, -0.1) is 0 Å². The molecule has 0 aliphatic rings. The summed E-state index contributed by atoms with van der Waals surface area (Å²) in [4.78, 5) is 22.3. The van der Waals surface area contributed by atoms with Gasteiger partial charge in [0.05, 0.1) is 23.9 Å². The van der Waals surface area contributed by atoms with E-state index in [1.807, 2.05) is 6.92 Å². The van der Waals surface area contributed by atoms with E-state index in [0.29, 0.717) is 12.2 Å². The lowest BCUT2D eigenvalue weighted by atomic mass is 10.2. The summed E-state index contributed by atoms with van der Waals surface area (Å²) in [6.45, 7) is 2.31. The van der Waals surface area contributed by atoms with Crippen LogP contribution in [0.3, 0.4) is 0 Å². The smallest absolute Gasteiger partial charge is 0.311 e. The number of anilines is 1. The van der Waals surface area contributed by atoms with Crippen LogP contribution >= 0.6 is 11.6 Å². The van der Waals surface area contributed by atoms with Gasteiger partial charge in [0.1, 0.15) is 10.7 Å². The molecular formula is C15H16ClN5O4. The van der Waals surface area contributed by atoms with Gasteiger partial charge in [-0.2, -0.15) is 10.2 Å². The van der Waals surface area contributed by atoms with Crippen LogP contribution in [0, 0.1) is 10.1 Å². The van der Waals surface area contributed by atoms with Crippen LogP contribution in [0.5, 0.6) is 5.75 Å². The third kappa shape index (κ3) is 4.54. The number of aromatic nitrogens is 2. The lowest BCUT2D eigenvalue weighted by Gasteiger charge is -2.06. The summed E-state index contributed by atoms with van der Waals surface area (Å²) in [5, 5.41) is 18.8. The molecule has 9 nitrogen and oxygen atoms in total. The summed E-state index contributed by atoms with van der Waals surface area (Å²) >= 11 is 5.90. The minimum Gasteiger partial charge on any atom is -0.487 e. The Labute approximate surface area is 148 Å².